The minimum Gasteiger partial charge on any atom is -0.0924 e. The van der Waals surface area contributed by atoms with Gasteiger partial charge in [-0.25, -0.2) is 0 Å². The average molecular weight is 311 g/mol. The molecule has 0 radical (unpaired) electrons. The van der Waals surface area contributed by atoms with Gasteiger partial charge in [0.1, 0.15) is 0 Å². The molecule has 0 aliphatic heterocycles. The van der Waals surface area contributed by atoms with Crippen LogP contribution in [0.5, 0.6) is 0 Å². The van der Waals surface area contributed by atoms with Crippen LogP contribution in [-0.4, -0.2) is 5.33 Å². The largest absolute Gasteiger partial charge is 0.0924 e. The van der Waals surface area contributed by atoms with Crippen LogP contribution in [0.25, 0.3) is 0 Å². The molecule has 0 atom stereocenters. The Morgan fingerprint density at radius 2 is 1.28 bits per heavy atom. The van der Waals surface area contributed by atoms with Gasteiger partial charge in [-0.3, -0.25) is 0 Å². The maximum atomic E-state index is 3.60. The number of hydrogen-bond acceptors (Lipinski definition) is 0. The van der Waals surface area contributed by atoms with Crippen LogP contribution in [0, 0.1) is 0 Å². The van der Waals surface area contributed by atoms with E-state index in [0.29, 0.717) is 17.8 Å². The van der Waals surface area contributed by atoms with Crippen LogP contribution in [0.4, 0.5) is 0 Å². The van der Waals surface area contributed by atoms with Crippen LogP contribution in [0.15, 0.2) is 12.1 Å². The normalized spacial score (nSPS) is 11.9. The molecule has 1 heteroatoms. The van der Waals surface area contributed by atoms with E-state index in [1.807, 2.05) is 0 Å². The topological polar surface area (TPSA) is 0 Å². The first-order valence-corrected chi connectivity index (χ1v) is 8.23. The van der Waals surface area contributed by atoms with Crippen LogP contribution < -0.4 is 0 Å². The Morgan fingerprint density at radius 1 is 0.833 bits per heavy atom. The second-order valence-corrected chi connectivity index (χ2v) is 6.87. The third kappa shape index (κ3) is 3.60. The van der Waals surface area contributed by atoms with E-state index in [1.165, 1.54) is 5.56 Å². The lowest BCUT2D eigenvalue weighted by Gasteiger charge is -2.22. The molecule has 0 saturated heterocycles. The lowest BCUT2D eigenvalue weighted by molar-refractivity contribution is 0.780. The first kappa shape index (κ1) is 15.8. The molecule has 1 rings (SSSR count). The number of rotatable bonds is 5. The second kappa shape index (κ2) is 6.75. The van der Waals surface area contributed by atoms with E-state index in [0.717, 1.165) is 11.8 Å². The predicted molar refractivity (Wildman–Crippen MR) is 86.2 cm³/mol. The molecule has 0 heterocycles. The lowest BCUT2D eigenvalue weighted by atomic mass is 9.83. The summed E-state index contributed by atoms with van der Waals surface area (Å²) in [7, 11) is 0. The Balaban J connectivity index is 3.44. The maximum Gasteiger partial charge on any atom is 0.00720 e. The van der Waals surface area contributed by atoms with Gasteiger partial charge in [0.25, 0.3) is 0 Å². The predicted octanol–water partition coefficient (Wildman–Crippen LogP) is 5.99. The molecule has 0 nitrogen and oxygen atoms in total. The summed E-state index contributed by atoms with van der Waals surface area (Å²) in [6.07, 6.45) is 1.14. The van der Waals surface area contributed by atoms with E-state index in [9.17, 15) is 0 Å². The third-order valence-electron chi connectivity index (χ3n) is 3.60. The Hall–Kier alpha value is -0.300. The molecule has 0 aliphatic carbocycles. The van der Waals surface area contributed by atoms with Gasteiger partial charge in [-0.05, 0) is 46.4 Å². The van der Waals surface area contributed by atoms with Crippen molar-refractivity contribution in [2.45, 2.75) is 65.7 Å². The smallest absolute Gasteiger partial charge is 0.00720 e. The molecular formula is C17H27Br. The van der Waals surface area contributed by atoms with Gasteiger partial charge in [0, 0.05) is 5.33 Å². The minimum atomic E-state index is 0.607. The van der Waals surface area contributed by atoms with Crippen molar-refractivity contribution in [2.75, 3.05) is 5.33 Å². The second-order valence-electron chi connectivity index (χ2n) is 6.08. The Bertz CT molecular complexity index is 360. The SMILES string of the molecule is CC(C)c1cc(C(C)C)c(CCBr)c(C(C)C)c1. The first-order chi connectivity index (χ1) is 8.38. The van der Waals surface area contributed by atoms with E-state index in [4.69, 9.17) is 0 Å². The van der Waals surface area contributed by atoms with E-state index >= 15 is 0 Å². The van der Waals surface area contributed by atoms with Crippen molar-refractivity contribution in [2.24, 2.45) is 0 Å². The molecule has 0 aliphatic rings. The summed E-state index contributed by atoms with van der Waals surface area (Å²) in [5.41, 5.74) is 6.15. The molecule has 1 aromatic rings. The summed E-state index contributed by atoms with van der Waals surface area (Å²) in [4.78, 5) is 0. The molecule has 0 N–H and O–H groups in total. The highest BCUT2D eigenvalue weighted by molar-refractivity contribution is 9.09. The van der Waals surface area contributed by atoms with Crippen molar-refractivity contribution < 1.29 is 0 Å². The Morgan fingerprint density at radius 3 is 1.56 bits per heavy atom. The van der Waals surface area contributed by atoms with E-state index in [-0.39, 0.29) is 0 Å². The standard InChI is InChI=1S/C17H27Br/c1-11(2)14-9-16(12(3)4)15(7-8-18)17(10-14)13(5)6/h9-13H,7-8H2,1-6H3. The van der Waals surface area contributed by atoms with Gasteiger partial charge in [-0.1, -0.05) is 69.6 Å². The molecule has 0 bridgehead atoms. The highest BCUT2D eigenvalue weighted by atomic mass is 79.9. The molecule has 0 amide bonds. The lowest BCUT2D eigenvalue weighted by Crippen LogP contribution is -2.07. The number of alkyl halides is 1. The Kier molecular flexibility index (Phi) is 5.91. The fourth-order valence-corrected chi connectivity index (χ4v) is 2.88. The van der Waals surface area contributed by atoms with Gasteiger partial charge in [0.2, 0.25) is 0 Å². The number of benzene rings is 1. The minimum absolute atomic E-state index is 0.607. The number of halogens is 1. The maximum absolute atomic E-state index is 3.60. The molecular weight excluding hydrogens is 284 g/mol. The van der Waals surface area contributed by atoms with Crippen molar-refractivity contribution in [1.29, 1.82) is 0 Å². The summed E-state index contributed by atoms with van der Waals surface area (Å²) in [6, 6.07) is 4.86. The van der Waals surface area contributed by atoms with Crippen LogP contribution >= 0.6 is 15.9 Å². The zero-order valence-corrected chi connectivity index (χ0v) is 14.3. The molecule has 18 heavy (non-hydrogen) atoms. The molecule has 0 unspecified atom stereocenters. The molecule has 1 aromatic carbocycles. The molecule has 0 spiro atoms. The zero-order chi connectivity index (χ0) is 13.9. The van der Waals surface area contributed by atoms with Crippen molar-refractivity contribution in [3.05, 3.63) is 34.4 Å². The van der Waals surface area contributed by atoms with E-state index in [1.54, 1.807) is 16.7 Å². The quantitative estimate of drug-likeness (QED) is 0.585. The van der Waals surface area contributed by atoms with Crippen molar-refractivity contribution in [3.63, 3.8) is 0 Å². The third-order valence-corrected chi connectivity index (χ3v) is 3.99. The van der Waals surface area contributed by atoms with Gasteiger partial charge in [-0.15, -0.1) is 0 Å². The van der Waals surface area contributed by atoms with Crippen LogP contribution in [0.3, 0.4) is 0 Å². The van der Waals surface area contributed by atoms with Gasteiger partial charge < -0.3 is 0 Å². The van der Waals surface area contributed by atoms with Gasteiger partial charge in [0.15, 0.2) is 0 Å². The van der Waals surface area contributed by atoms with E-state index in [2.05, 4.69) is 69.6 Å². The van der Waals surface area contributed by atoms with Crippen molar-refractivity contribution >= 4 is 15.9 Å². The first-order valence-electron chi connectivity index (χ1n) is 7.11. The summed E-state index contributed by atoms with van der Waals surface area (Å²) >= 11 is 3.60. The van der Waals surface area contributed by atoms with Crippen LogP contribution in [-0.2, 0) is 6.42 Å². The number of hydrogen-bond donors (Lipinski definition) is 0. The van der Waals surface area contributed by atoms with Gasteiger partial charge in [-0.2, -0.15) is 0 Å². The molecule has 0 fully saturated rings. The summed E-state index contributed by atoms with van der Waals surface area (Å²) in [6.45, 7) is 13.8. The molecule has 0 saturated carbocycles. The monoisotopic (exact) mass is 310 g/mol. The molecule has 102 valence electrons. The van der Waals surface area contributed by atoms with Crippen molar-refractivity contribution in [1.82, 2.24) is 0 Å². The van der Waals surface area contributed by atoms with E-state index < -0.39 is 0 Å². The summed E-state index contributed by atoms with van der Waals surface area (Å²) in [5, 5.41) is 1.05. The van der Waals surface area contributed by atoms with Crippen LogP contribution in [0.2, 0.25) is 0 Å². The zero-order valence-electron chi connectivity index (χ0n) is 12.7. The summed E-state index contributed by atoms with van der Waals surface area (Å²) in [5.74, 6) is 1.82. The van der Waals surface area contributed by atoms with Crippen LogP contribution in [0.1, 0.15) is 81.5 Å². The highest BCUT2D eigenvalue weighted by Gasteiger charge is 2.16. The average Bonchev–Trinajstić information content (AvgIpc) is 2.28. The Labute approximate surface area is 121 Å². The fraction of sp³-hybridized carbons (Fsp3) is 0.647. The van der Waals surface area contributed by atoms with Gasteiger partial charge in [0.05, 0.1) is 0 Å². The van der Waals surface area contributed by atoms with Crippen molar-refractivity contribution in [3.8, 4) is 0 Å². The molecule has 0 aromatic heterocycles. The van der Waals surface area contributed by atoms with Gasteiger partial charge >= 0.3 is 0 Å². The summed E-state index contributed by atoms with van der Waals surface area (Å²) < 4.78 is 0. The highest BCUT2D eigenvalue weighted by Crippen LogP contribution is 2.32. The fourth-order valence-electron chi connectivity index (χ4n) is 2.49.